The number of carboxylic acid groups (broad SMARTS) is 1. The first kappa shape index (κ1) is 42.9. The van der Waals surface area contributed by atoms with E-state index < -0.39 is 5.97 Å². The Hall–Kier alpha value is 0.242. The van der Waals surface area contributed by atoms with Gasteiger partial charge in [-0.3, -0.25) is 0 Å². The monoisotopic (exact) mass is 244 g/mol. The van der Waals surface area contributed by atoms with Crippen molar-refractivity contribution >= 4 is 18.4 Å². The molecule has 0 atom stereocenters. The van der Waals surface area contributed by atoms with E-state index in [-0.39, 0.29) is 58.7 Å². The van der Waals surface area contributed by atoms with Crippen LogP contribution in [0.5, 0.6) is 0 Å². The van der Waals surface area contributed by atoms with E-state index in [1.54, 1.807) is 0 Å². The van der Waals surface area contributed by atoms with Gasteiger partial charge in [-0.1, -0.05) is 6.58 Å². The molecule has 0 aromatic rings. The topological polar surface area (TPSA) is 103 Å². The molecule has 0 amide bonds. The summed E-state index contributed by atoms with van der Waals surface area (Å²) in [6.45, 7) is 4.48. The number of hydrogen-bond acceptors (Lipinski definition) is 2. The van der Waals surface area contributed by atoms with Gasteiger partial charge in [0, 0.05) is 0 Å². The fourth-order valence-electron chi connectivity index (χ4n) is 0. The second kappa shape index (κ2) is 22.5. The van der Waals surface area contributed by atoms with Crippen molar-refractivity contribution in [1.82, 2.24) is 0 Å². The summed E-state index contributed by atoms with van der Waals surface area (Å²) in [6, 6.07) is 0. The van der Waals surface area contributed by atoms with Crippen LogP contribution in [0.15, 0.2) is 12.2 Å². The van der Waals surface area contributed by atoms with E-state index in [4.69, 9.17) is 0 Å². The zero-order valence-electron chi connectivity index (χ0n) is 5.72. The first-order valence-corrected chi connectivity index (χ1v) is 1.51. The van der Waals surface area contributed by atoms with Crippen LogP contribution in [0.4, 0.5) is 0 Å². The van der Waals surface area contributed by atoms with Crippen molar-refractivity contribution in [1.29, 1.82) is 0 Å². The molecule has 0 fully saturated rings. The van der Waals surface area contributed by atoms with Gasteiger partial charge in [0.2, 0.25) is 0 Å². The number of aliphatic carboxylic acids is 1. The molecule has 0 aliphatic heterocycles. The van der Waals surface area contributed by atoms with Gasteiger partial charge in [0.05, 0.1) is 5.97 Å². The minimum absolute atomic E-state index is 0. The minimum Gasteiger partial charge on any atom is -1.00 e. The second-order valence-corrected chi connectivity index (χ2v) is 1.07. The number of carboxylic acids is 1. The van der Waals surface area contributed by atoms with E-state index in [1.807, 2.05) is 0 Å². The second-order valence-electron chi connectivity index (χ2n) is 1.07. The van der Waals surface area contributed by atoms with E-state index in [0.717, 1.165) is 0 Å². The van der Waals surface area contributed by atoms with Crippen LogP contribution in [0, 0.1) is 0 Å². The molecule has 0 aliphatic carbocycles. The van der Waals surface area contributed by atoms with Gasteiger partial charge < -0.3 is 33.3 Å². The first-order chi connectivity index (χ1) is 2.64. The van der Waals surface area contributed by atoms with Crippen LogP contribution >= 0.6 is 12.4 Å². The molecule has 7 heteroatoms. The molecule has 11 heavy (non-hydrogen) atoms. The largest absolute Gasteiger partial charge is 2.00 e. The summed E-state index contributed by atoms with van der Waals surface area (Å²) in [4.78, 5) is 9.49. The summed E-state index contributed by atoms with van der Waals surface area (Å²) >= 11 is 0. The summed E-state index contributed by atoms with van der Waals surface area (Å²) in [5, 5.41) is 9.49. The van der Waals surface area contributed by atoms with E-state index in [9.17, 15) is 9.90 Å². The molecule has 0 radical (unpaired) electrons. The minimum atomic E-state index is -1.19. The molecule has 0 rings (SSSR count). The molecule has 0 spiro atoms. The van der Waals surface area contributed by atoms with Crippen molar-refractivity contribution in [3.05, 3.63) is 12.2 Å². The molecule has 0 aromatic carbocycles. The van der Waals surface area contributed by atoms with Gasteiger partial charge in [-0.2, -0.15) is 0 Å². The van der Waals surface area contributed by atoms with Gasteiger partial charge in [0.25, 0.3) is 0 Å². The maximum absolute atomic E-state index is 9.49. The van der Waals surface area contributed by atoms with Crippen LogP contribution in [0.1, 0.15) is 6.92 Å². The molecule has 0 saturated heterocycles. The molecule has 0 unspecified atom stereocenters. The molecular formula is C4H10Cl2CrO4. The van der Waals surface area contributed by atoms with Gasteiger partial charge in [-0.25, -0.2) is 0 Å². The van der Waals surface area contributed by atoms with Crippen LogP contribution in [-0.4, -0.2) is 16.9 Å². The molecule has 70 valence electrons. The van der Waals surface area contributed by atoms with Crippen molar-refractivity contribution in [3.8, 4) is 0 Å². The van der Waals surface area contributed by atoms with E-state index in [0.29, 0.717) is 0 Å². The van der Waals surface area contributed by atoms with Crippen LogP contribution in [0.2, 0.25) is 0 Å². The molecule has 4 nitrogen and oxygen atoms in total. The third-order valence-corrected chi connectivity index (χ3v) is 0.348. The summed E-state index contributed by atoms with van der Waals surface area (Å²) in [5.41, 5.74) is 0.0648. The summed E-state index contributed by atoms with van der Waals surface area (Å²) in [5.74, 6) is -1.19. The summed E-state index contributed by atoms with van der Waals surface area (Å²) in [6.07, 6.45) is 0. The van der Waals surface area contributed by atoms with Crippen LogP contribution in [0.25, 0.3) is 0 Å². The Kier molecular flexibility index (Phi) is 87.6. The van der Waals surface area contributed by atoms with Crippen LogP contribution < -0.4 is 17.5 Å². The fourth-order valence-corrected chi connectivity index (χ4v) is 0. The third-order valence-electron chi connectivity index (χ3n) is 0.348. The van der Waals surface area contributed by atoms with E-state index >= 15 is 0 Å². The Morgan fingerprint density at radius 1 is 1.36 bits per heavy atom. The Morgan fingerprint density at radius 3 is 1.45 bits per heavy atom. The zero-order chi connectivity index (χ0) is 5.15. The number of carbonyl (C=O) groups excluding carboxylic acids is 1. The zero-order valence-corrected chi connectivity index (χ0v) is 8.57. The van der Waals surface area contributed by atoms with Gasteiger partial charge in [0.1, 0.15) is 0 Å². The first-order valence-electron chi connectivity index (χ1n) is 1.51. The smallest absolute Gasteiger partial charge is 1.00 e. The Bertz CT molecular complexity index is 86.1. The average molecular weight is 245 g/mol. The van der Waals surface area contributed by atoms with Crippen LogP contribution in [0.3, 0.4) is 0 Å². The van der Waals surface area contributed by atoms with Gasteiger partial charge >= 0.3 is 17.4 Å². The van der Waals surface area contributed by atoms with Crippen molar-refractivity contribution in [2.24, 2.45) is 0 Å². The SMILES string of the molecule is C=C(C)C(=O)[O-].Cl.O.O.[Cl-].[Cr+2]. The number of halogens is 2. The Morgan fingerprint density at radius 2 is 1.45 bits per heavy atom. The van der Waals surface area contributed by atoms with Crippen LogP contribution in [-0.2, 0) is 22.2 Å². The van der Waals surface area contributed by atoms with E-state index in [2.05, 4.69) is 6.58 Å². The third kappa shape index (κ3) is 38.7. The van der Waals surface area contributed by atoms with Gasteiger partial charge in [0.15, 0.2) is 0 Å². The Balaban J connectivity index is -0.0000000125. The van der Waals surface area contributed by atoms with Crippen molar-refractivity contribution < 1.29 is 50.6 Å². The predicted molar refractivity (Wildman–Crippen MR) is 34.3 cm³/mol. The molecule has 0 heterocycles. The van der Waals surface area contributed by atoms with Crippen molar-refractivity contribution in [2.45, 2.75) is 6.92 Å². The standard InChI is InChI=1S/C4H6O2.2ClH.Cr.2H2O/c1-3(2)4(5)6;;;;;/h1H2,2H3,(H,5,6);2*1H;;2*1H2/q;;;+2;;/p-2. The molecule has 0 bridgehead atoms. The Labute approximate surface area is 88.2 Å². The number of rotatable bonds is 1. The molecular weight excluding hydrogens is 235 g/mol. The van der Waals surface area contributed by atoms with Gasteiger partial charge in [-0.05, 0) is 12.5 Å². The summed E-state index contributed by atoms with van der Waals surface area (Å²) in [7, 11) is 0. The van der Waals surface area contributed by atoms with E-state index in [1.165, 1.54) is 6.92 Å². The normalized spacial score (nSPS) is 4.09. The summed E-state index contributed by atoms with van der Waals surface area (Å²) < 4.78 is 0. The van der Waals surface area contributed by atoms with Crippen molar-refractivity contribution in [2.75, 3.05) is 0 Å². The fraction of sp³-hybridized carbons (Fsp3) is 0.250. The predicted octanol–water partition coefficient (Wildman–Crippen LogP) is -4.91. The van der Waals surface area contributed by atoms with Gasteiger partial charge in [-0.15, -0.1) is 12.4 Å². The van der Waals surface area contributed by atoms with Crippen molar-refractivity contribution in [3.63, 3.8) is 0 Å². The number of carbonyl (C=O) groups is 1. The molecule has 0 saturated carbocycles. The molecule has 0 aliphatic rings. The maximum atomic E-state index is 9.49. The molecule has 0 aromatic heterocycles. The molecule has 4 N–H and O–H groups in total. The quantitative estimate of drug-likeness (QED) is 0.432. The maximum Gasteiger partial charge on any atom is 2.00 e. The number of hydrogen-bond donors (Lipinski definition) is 0. The average Bonchev–Trinajstić information content (AvgIpc) is 1.36.